The van der Waals surface area contributed by atoms with Crippen LogP contribution in [0.5, 0.6) is 0 Å². The number of halogens is 2. The predicted molar refractivity (Wildman–Crippen MR) is 62.0 cm³/mol. The molecule has 86 valence electrons. The second-order valence-electron chi connectivity index (χ2n) is 3.59. The smallest absolute Gasteiger partial charge is 0.128 e. The van der Waals surface area contributed by atoms with Crippen LogP contribution in [-0.4, -0.2) is 9.55 Å². The third-order valence-electron chi connectivity index (χ3n) is 2.35. The van der Waals surface area contributed by atoms with Gasteiger partial charge in [0.2, 0.25) is 0 Å². The van der Waals surface area contributed by atoms with Gasteiger partial charge in [0.25, 0.3) is 0 Å². The molecule has 0 amide bonds. The average molecular weight is 250 g/mol. The minimum atomic E-state index is -0.329. The van der Waals surface area contributed by atoms with Crippen molar-refractivity contribution in [3.8, 4) is 6.07 Å². The molecule has 0 radical (unpaired) electrons. The summed E-state index contributed by atoms with van der Waals surface area (Å²) in [5.74, 6) is -0.00149. The summed E-state index contributed by atoms with van der Waals surface area (Å²) in [5.41, 5.74) is 1.64. The van der Waals surface area contributed by atoms with E-state index in [-0.39, 0.29) is 5.82 Å². The number of alkyl halides is 1. The molecule has 1 aromatic heterocycles. The first kappa shape index (κ1) is 11.6. The average Bonchev–Trinajstić information content (AvgIpc) is 2.80. The largest absolute Gasteiger partial charge is 0.333 e. The van der Waals surface area contributed by atoms with Crippen LogP contribution in [0.2, 0.25) is 0 Å². The molecule has 0 fully saturated rings. The summed E-state index contributed by atoms with van der Waals surface area (Å²) in [6.07, 6.45) is 3.35. The highest BCUT2D eigenvalue weighted by atomic mass is 35.5. The number of hydrogen-bond acceptors (Lipinski definition) is 2. The highest BCUT2D eigenvalue weighted by molar-refractivity contribution is 6.16. The van der Waals surface area contributed by atoms with E-state index in [1.807, 2.05) is 6.07 Å². The quantitative estimate of drug-likeness (QED) is 0.785. The molecule has 0 atom stereocenters. The number of aromatic nitrogens is 2. The normalized spacial score (nSPS) is 10.2. The topological polar surface area (TPSA) is 41.6 Å². The number of nitriles is 1. The first-order valence-electron chi connectivity index (χ1n) is 4.98. The van der Waals surface area contributed by atoms with Gasteiger partial charge in [-0.1, -0.05) is 0 Å². The van der Waals surface area contributed by atoms with E-state index in [1.54, 1.807) is 17.1 Å². The van der Waals surface area contributed by atoms with Gasteiger partial charge in [0.1, 0.15) is 5.82 Å². The van der Waals surface area contributed by atoms with Crippen molar-refractivity contribution in [1.29, 1.82) is 5.26 Å². The lowest BCUT2D eigenvalue weighted by Crippen LogP contribution is -2.00. The highest BCUT2D eigenvalue weighted by Crippen LogP contribution is 2.12. The fourth-order valence-electron chi connectivity index (χ4n) is 1.52. The Hall–Kier alpha value is -1.86. The van der Waals surface area contributed by atoms with Crippen molar-refractivity contribution in [1.82, 2.24) is 9.55 Å². The third kappa shape index (κ3) is 2.63. The first-order chi connectivity index (χ1) is 8.22. The van der Waals surface area contributed by atoms with Gasteiger partial charge in [0, 0.05) is 11.8 Å². The van der Waals surface area contributed by atoms with E-state index in [1.165, 1.54) is 18.2 Å². The second-order valence-corrected chi connectivity index (χ2v) is 3.86. The van der Waals surface area contributed by atoms with Crippen molar-refractivity contribution in [2.24, 2.45) is 0 Å². The summed E-state index contributed by atoms with van der Waals surface area (Å²) in [7, 11) is 0. The van der Waals surface area contributed by atoms with Crippen LogP contribution in [0.4, 0.5) is 4.39 Å². The fraction of sp³-hybridized carbons (Fsp3) is 0.167. The van der Waals surface area contributed by atoms with Crippen LogP contribution in [0.15, 0.2) is 30.7 Å². The maximum absolute atomic E-state index is 13.5. The zero-order valence-corrected chi connectivity index (χ0v) is 9.65. The van der Waals surface area contributed by atoms with Crippen LogP contribution < -0.4 is 0 Å². The van der Waals surface area contributed by atoms with E-state index in [4.69, 9.17) is 16.9 Å². The molecule has 2 aromatic rings. The number of nitrogens with zero attached hydrogens (tertiary/aromatic N) is 3. The summed E-state index contributed by atoms with van der Waals surface area (Å²) in [6.45, 7) is 0.339. The van der Waals surface area contributed by atoms with Crippen LogP contribution in [0.3, 0.4) is 0 Å². The van der Waals surface area contributed by atoms with Gasteiger partial charge in [0.05, 0.1) is 36.1 Å². The molecule has 17 heavy (non-hydrogen) atoms. The van der Waals surface area contributed by atoms with Gasteiger partial charge in [-0.2, -0.15) is 5.26 Å². The van der Waals surface area contributed by atoms with Gasteiger partial charge in [0.15, 0.2) is 0 Å². The van der Waals surface area contributed by atoms with E-state index < -0.39 is 0 Å². The molecule has 2 rings (SSSR count). The highest BCUT2D eigenvalue weighted by Gasteiger charge is 2.05. The molecule has 0 saturated heterocycles. The Bertz CT molecular complexity index is 571. The van der Waals surface area contributed by atoms with Gasteiger partial charge in [-0.3, -0.25) is 0 Å². The molecule has 0 unspecified atom stereocenters. The van der Waals surface area contributed by atoms with E-state index in [0.29, 0.717) is 23.6 Å². The molecule has 0 spiro atoms. The Kier molecular flexibility index (Phi) is 3.40. The van der Waals surface area contributed by atoms with Crippen LogP contribution in [0.1, 0.15) is 16.8 Å². The van der Waals surface area contributed by atoms with Crippen molar-refractivity contribution in [2.75, 3.05) is 0 Å². The van der Waals surface area contributed by atoms with Crippen molar-refractivity contribution in [3.63, 3.8) is 0 Å². The molecule has 0 aliphatic rings. The molecule has 5 heteroatoms. The summed E-state index contributed by atoms with van der Waals surface area (Å²) < 4.78 is 15.2. The minimum Gasteiger partial charge on any atom is -0.333 e. The molecule has 1 heterocycles. The minimum absolute atomic E-state index is 0.327. The van der Waals surface area contributed by atoms with Crippen molar-refractivity contribution in [3.05, 3.63) is 53.4 Å². The summed E-state index contributed by atoms with van der Waals surface area (Å²) in [5, 5.41) is 8.75. The fourth-order valence-corrected chi connectivity index (χ4v) is 1.66. The Morgan fingerprint density at radius 3 is 2.94 bits per heavy atom. The SMILES string of the molecule is N#Cc1ccc(F)c(Cn2cnc(CCl)c2)c1. The number of benzene rings is 1. The van der Waals surface area contributed by atoms with E-state index >= 15 is 0 Å². The van der Waals surface area contributed by atoms with Crippen molar-refractivity contribution >= 4 is 11.6 Å². The van der Waals surface area contributed by atoms with E-state index in [9.17, 15) is 4.39 Å². The van der Waals surface area contributed by atoms with E-state index in [2.05, 4.69) is 4.98 Å². The Morgan fingerprint density at radius 2 is 2.29 bits per heavy atom. The van der Waals surface area contributed by atoms with Gasteiger partial charge in [-0.05, 0) is 18.2 Å². The zero-order valence-electron chi connectivity index (χ0n) is 8.90. The second kappa shape index (κ2) is 4.98. The Morgan fingerprint density at radius 1 is 1.47 bits per heavy atom. The molecular formula is C12H9ClFN3. The van der Waals surface area contributed by atoms with Crippen molar-refractivity contribution in [2.45, 2.75) is 12.4 Å². The standard InChI is InChI=1S/C12H9ClFN3/c13-4-11-7-17(8-16-11)6-10-3-9(5-15)1-2-12(10)14/h1-3,7-8H,4,6H2. The summed E-state index contributed by atoms with van der Waals surface area (Å²) in [6, 6.07) is 6.28. The molecule has 0 saturated carbocycles. The molecular weight excluding hydrogens is 241 g/mol. The van der Waals surface area contributed by atoms with Crippen LogP contribution >= 0.6 is 11.6 Å². The Labute approximate surface area is 103 Å². The number of imidazole rings is 1. The molecule has 0 N–H and O–H groups in total. The summed E-state index contributed by atoms with van der Waals surface area (Å²) >= 11 is 5.63. The molecule has 0 bridgehead atoms. The van der Waals surface area contributed by atoms with Gasteiger partial charge in [-0.15, -0.1) is 11.6 Å². The lowest BCUT2D eigenvalue weighted by Gasteiger charge is -2.04. The zero-order chi connectivity index (χ0) is 12.3. The predicted octanol–water partition coefficient (Wildman–Crippen LogP) is 2.68. The molecule has 1 aromatic carbocycles. The van der Waals surface area contributed by atoms with E-state index in [0.717, 1.165) is 5.69 Å². The maximum Gasteiger partial charge on any atom is 0.128 e. The van der Waals surface area contributed by atoms with Gasteiger partial charge in [-0.25, -0.2) is 9.37 Å². The van der Waals surface area contributed by atoms with Gasteiger partial charge < -0.3 is 4.57 Å². The third-order valence-corrected chi connectivity index (χ3v) is 2.63. The Balaban J connectivity index is 2.26. The molecule has 0 aliphatic carbocycles. The van der Waals surface area contributed by atoms with Crippen LogP contribution in [-0.2, 0) is 12.4 Å². The van der Waals surface area contributed by atoms with Crippen molar-refractivity contribution < 1.29 is 4.39 Å². The number of rotatable bonds is 3. The molecule has 0 aliphatic heterocycles. The lowest BCUT2D eigenvalue weighted by molar-refractivity contribution is 0.599. The lowest BCUT2D eigenvalue weighted by atomic mass is 10.1. The molecule has 3 nitrogen and oxygen atoms in total. The van der Waals surface area contributed by atoms with Crippen LogP contribution in [0.25, 0.3) is 0 Å². The first-order valence-corrected chi connectivity index (χ1v) is 5.51. The van der Waals surface area contributed by atoms with Gasteiger partial charge >= 0.3 is 0 Å². The van der Waals surface area contributed by atoms with Crippen LogP contribution in [0, 0.1) is 17.1 Å². The number of hydrogen-bond donors (Lipinski definition) is 0. The maximum atomic E-state index is 13.5. The summed E-state index contributed by atoms with van der Waals surface area (Å²) in [4.78, 5) is 4.05. The monoisotopic (exact) mass is 249 g/mol.